The second kappa shape index (κ2) is 7.89. The molecule has 2 saturated heterocycles. The van der Waals surface area contributed by atoms with E-state index in [2.05, 4.69) is 0 Å². The van der Waals surface area contributed by atoms with Gasteiger partial charge in [0.2, 0.25) is 11.8 Å². The summed E-state index contributed by atoms with van der Waals surface area (Å²) in [5.41, 5.74) is -0.0996. The van der Waals surface area contributed by atoms with Crippen LogP contribution in [0.5, 0.6) is 0 Å². The predicted octanol–water partition coefficient (Wildman–Crippen LogP) is 2.59. The summed E-state index contributed by atoms with van der Waals surface area (Å²) in [6.07, 6.45) is 2.62. The average molecular weight is 393 g/mol. The molecule has 0 aromatic heterocycles. The molecule has 0 saturated carbocycles. The molecule has 0 radical (unpaired) electrons. The molecular weight excluding hydrogens is 368 g/mol. The molecule has 1 N–H and O–H groups in total. The number of rotatable bonds is 4. The van der Waals surface area contributed by atoms with Crippen LogP contribution in [-0.4, -0.2) is 58.4 Å². The molecule has 0 unspecified atom stereocenters. The third-order valence-corrected chi connectivity index (χ3v) is 6.28. The van der Waals surface area contributed by atoms with E-state index in [-0.39, 0.29) is 11.8 Å². The van der Waals surface area contributed by atoms with Crippen LogP contribution in [0.1, 0.15) is 38.2 Å². The number of hydrogen-bond donors (Lipinski definition) is 1. The minimum atomic E-state index is -0.919. The smallest absolute Gasteiger partial charge is 0.310 e. The van der Waals surface area contributed by atoms with Gasteiger partial charge in [-0.3, -0.25) is 14.4 Å². The SMILES string of the molecule is CC(=O)N1CCC[C@H]1C(=O)N1CCC(Cc2ccccc2Cl)(C(=O)O)CC1. The van der Waals surface area contributed by atoms with Crippen LogP contribution in [0.3, 0.4) is 0 Å². The van der Waals surface area contributed by atoms with Gasteiger partial charge in [0.25, 0.3) is 0 Å². The summed E-state index contributed by atoms with van der Waals surface area (Å²) in [5, 5.41) is 10.5. The highest BCUT2D eigenvalue weighted by molar-refractivity contribution is 6.31. The molecule has 1 atom stereocenters. The van der Waals surface area contributed by atoms with E-state index in [0.29, 0.717) is 50.3 Å². The quantitative estimate of drug-likeness (QED) is 0.854. The van der Waals surface area contributed by atoms with Gasteiger partial charge in [-0.1, -0.05) is 29.8 Å². The van der Waals surface area contributed by atoms with Gasteiger partial charge in [0.05, 0.1) is 5.41 Å². The van der Waals surface area contributed by atoms with Crippen LogP contribution in [0.4, 0.5) is 0 Å². The Labute approximate surface area is 164 Å². The zero-order valence-electron chi connectivity index (χ0n) is 15.5. The van der Waals surface area contributed by atoms with Crippen molar-refractivity contribution in [3.63, 3.8) is 0 Å². The number of amides is 2. The van der Waals surface area contributed by atoms with E-state index in [1.807, 2.05) is 18.2 Å². The highest BCUT2D eigenvalue weighted by Crippen LogP contribution is 2.37. The summed E-state index contributed by atoms with van der Waals surface area (Å²) >= 11 is 6.23. The van der Waals surface area contributed by atoms with Gasteiger partial charge < -0.3 is 14.9 Å². The van der Waals surface area contributed by atoms with Crippen molar-refractivity contribution >= 4 is 29.4 Å². The molecule has 1 aromatic rings. The molecule has 2 heterocycles. The van der Waals surface area contributed by atoms with Gasteiger partial charge in [0.15, 0.2) is 0 Å². The van der Waals surface area contributed by atoms with Gasteiger partial charge in [0, 0.05) is 31.6 Å². The first kappa shape index (κ1) is 19.7. The van der Waals surface area contributed by atoms with Crippen molar-refractivity contribution in [2.45, 2.75) is 45.1 Å². The van der Waals surface area contributed by atoms with E-state index >= 15 is 0 Å². The number of likely N-dealkylation sites (tertiary alicyclic amines) is 2. The fraction of sp³-hybridized carbons (Fsp3) is 0.550. The van der Waals surface area contributed by atoms with Crippen molar-refractivity contribution in [3.05, 3.63) is 34.9 Å². The molecule has 2 aliphatic rings. The second-order valence-electron chi connectivity index (χ2n) is 7.55. The van der Waals surface area contributed by atoms with Gasteiger partial charge >= 0.3 is 5.97 Å². The molecule has 2 aliphatic heterocycles. The number of aliphatic carboxylic acids is 1. The molecule has 27 heavy (non-hydrogen) atoms. The third kappa shape index (κ3) is 3.95. The number of benzene rings is 1. The number of halogens is 1. The minimum Gasteiger partial charge on any atom is -0.481 e. The molecule has 7 heteroatoms. The Kier molecular flexibility index (Phi) is 5.75. The molecule has 6 nitrogen and oxygen atoms in total. The third-order valence-electron chi connectivity index (χ3n) is 5.91. The molecule has 0 aliphatic carbocycles. The lowest BCUT2D eigenvalue weighted by atomic mass is 9.73. The maximum Gasteiger partial charge on any atom is 0.310 e. The number of nitrogens with zero attached hydrogens (tertiary/aromatic N) is 2. The Hall–Kier alpha value is -2.08. The van der Waals surface area contributed by atoms with Crippen molar-refractivity contribution < 1.29 is 19.5 Å². The van der Waals surface area contributed by atoms with Crippen molar-refractivity contribution in [3.8, 4) is 0 Å². The van der Waals surface area contributed by atoms with Crippen LogP contribution in [-0.2, 0) is 20.8 Å². The molecular formula is C20H25ClN2O4. The largest absolute Gasteiger partial charge is 0.481 e. The highest BCUT2D eigenvalue weighted by Gasteiger charge is 2.44. The lowest BCUT2D eigenvalue weighted by Crippen LogP contribution is -2.53. The molecule has 0 spiro atoms. The molecule has 146 valence electrons. The monoisotopic (exact) mass is 392 g/mol. The van der Waals surface area contributed by atoms with Gasteiger partial charge in [-0.25, -0.2) is 0 Å². The zero-order valence-corrected chi connectivity index (χ0v) is 16.2. The van der Waals surface area contributed by atoms with Crippen LogP contribution in [0.15, 0.2) is 24.3 Å². The Bertz CT molecular complexity index is 743. The van der Waals surface area contributed by atoms with E-state index in [1.165, 1.54) is 6.92 Å². The van der Waals surface area contributed by atoms with E-state index < -0.39 is 17.4 Å². The lowest BCUT2D eigenvalue weighted by molar-refractivity contribution is -0.155. The van der Waals surface area contributed by atoms with Gasteiger partial charge in [0.1, 0.15) is 6.04 Å². The van der Waals surface area contributed by atoms with Crippen molar-refractivity contribution in [1.29, 1.82) is 0 Å². The lowest BCUT2D eigenvalue weighted by Gasteiger charge is -2.40. The summed E-state index contributed by atoms with van der Waals surface area (Å²) in [7, 11) is 0. The predicted molar refractivity (Wildman–Crippen MR) is 101 cm³/mol. The van der Waals surface area contributed by atoms with E-state index in [0.717, 1.165) is 12.0 Å². The number of carbonyl (C=O) groups excluding carboxylic acids is 2. The molecule has 0 bridgehead atoms. The van der Waals surface area contributed by atoms with Gasteiger partial charge in [-0.05, 0) is 43.7 Å². The van der Waals surface area contributed by atoms with Crippen LogP contribution in [0, 0.1) is 5.41 Å². The Morgan fingerprint density at radius 1 is 1.19 bits per heavy atom. The summed E-state index contributed by atoms with van der Waals surface area (Å²) in [5.74, 6) is -0.985. The Morgan fingerprint density at radius 2 is 1.85 bits per heavy atom. The van der Waals surface area contributed by atoms with Crippen LogP contribution >= 0.6 is 11.6 Å². The number of hydrogen-bond acceptors (Lipinski definition) is 3. The first-order chi connectivity index (χ1) is 12.8. The summed E-state index contributed by atoms with van der Waals surface area (Å²) in [6, 6.07) is 6.90. The fourth-order valence-electron chi connectivity index (χ4n) is 4.24. The van der Waals surface area contributed by atoms with Crippen LogP contribution in [0.25, 0.3) is 0 Å². The molecule has 2 fully saturated rings. The van der Waals surface area contributed by atoms with Crippen LogP contribution < -0.4 is 0 Å². The van der Waals surface area contributed by atoms with Crippen molar-refractivity contribution in [2.24, 2.45) is 5.41 Å². The summed E-state index contributed by atoms with van der Waals surface area (Å²) in [6.45, 7) is 2.88. The first-order valence-corrected chi connectivity index (χ1v) is 9.75. The van der Waals surface area contributed by atoms with E-state index in [4.69, 9.17) is 11.6 Å². The second-order valence-corrected chi connectivity index (χ2v) is 7.96. The van der Waals surface area contributed by atoms with Gasteiger partial charge in [-0.2, -0.15) is 0 Å². The zero-order chi connectivity index (χ0) is 19.6. The normalized spacial score (nSPS) is 21.9. The molecule has 3 rings (SSSR count). The number of carbonyl (C=O) groups is 3. The maximum absolute atomic E-state index is 12.9. The number of piperidine rings is 1. The fourth-order valence-corrected chi connectivity index (χ4v) is 4.44. The van der Waals surface area contributed by atoms with Crippen molar-refractivity contribution in [1.82, 2.24) is 9.80 Å². The first-order valence-electron chi connectivity index (χ1n) is 9.37. The Morgan fingerprint density at radius 3 is 2.44 bits per heavy atom. The van der Waals surface area contributed by atoms with Crippen LogP contribution in [0.2, 0.25) is 5.02 Å². The highest BCUT2D eigenvalue weighted by atomic mass is 35.5. The maximum atomic E-state index is 12.9. The molecule has 1 aromatic carbocycles. The van der Waals surface area contributed by atoms with E-state index in [9.17, 15) is 19.5 Å². The summed E-state index contributed by atoms with van der Waals surface area (Å²) in [4.78, 5) is 40.0. The topological polar surface area (TPSA) is 77.9 Å². The number of carboxylic acids is 1. The minimum absolute atomic E-state index is 0.0561. The average Bonchev–Trinajstić information content (AvgIpc) is 3.13. The molecule has 2 amide bonds. The Balaban J connectivity index is 1.70. The standard InChI is InChI=1S/C20H25ClN2O4/c1-14(24)23-10-4-7-17(23)18(25)22-11-8-20(9-12-22,19(26)27)13-15-5-2-3-6-16(15)21/h2-3,5-6,17H,4,7-13H2,1H3,(H,26,27)/t17-/m0/s1. The summed E-state index contributed by atoms with van der Waals surface area (Å²) < 4.78 is 0. The van der Waals surface area contributed by atoms with E-state index in [1.54, 1.807) is 15.9 Å². The number of carboxylic acid groups (broad SMARTS) is 1. The van der Waals surface area contributed by atoms with Crippen molar-refractivity contribution in [2.75, 3.05) is 19.6 Å². The van der Waals surface area contributed by atoms with Gasteiger partial charge in [-0.15, -0.1) is 0 Å².